The highest BCUT2D eigenvalue weighted by molar-refractivity contribution is 8.02. The Morgan fingerprint density at radius 1 is 1.14 bits per heavy atom. The van der Waals surface area contributed by atoms with Crippen LogP contribution in [0.1, 0.15) is 40.2 Å². The molecule has 14 heteroatoms. The Labute approximate surface area is 257 Å². The van der Waals surface area contributed by atoms with Gasteiger partial charge in [-0.05, 0) is 64.4 Å². The van der Waals surface area contributed by atoms with E-state index >= 15 is 0 Å². The average Bonchev–Trinajstić information content (AvgIpc) is 3.29. The number of pyridine rings is 1. The van der Waals surface area contributed by atoms with Crippen molar-refractivity contribution >= 4 is 45.4 Å². The van der Waals surface area contributed by atoms with Crippen LogP contribution in [0, 0.1) is 0 Å². The minimum atomic E-state index is -4.04. The van der Waals surface area contributed by atoms with Gasteiger partial charge in [-0.3, -0.25) is 9.78 Å². The maximum atomic E-state index is 13.8. The first kappa shape index (κ1) is 32.7. The number of thioether (sulfide) groups is 1. The fourth-order valence-electron chi connectivity index (χ4n) is 4.87. The molecule has 3 heterocycles. The van der Waals surface area contributed by atoms with Crippen LogP contribution >= 0.6 is 11.8 Å². The lowest BCUT2D eigenvalue weighted by Crippen LogP contribution is -2.57. The molecule has 2 aromatic rings. The van der Waals surface area contributed by atoms with E-state index in [1.807, 2.05) is 0 Å². The summed E-state index contributed by atoms with van der Waals surface area (Å²) in [6.07, 6.45) is 2.83. The number of aromatic nitrogens is 1. The lowest BCUT2D eigenvalue weighted by Gasteiger charge is -2.32. The highest BCUT2D eigenvalue weighted by Crippen LogP contribution is 2.42. The van der Waals surface area contributed by atoms with Gasteiger partial charge in [-0.2, -0.15) is 4.31 Å². The van der Waals surface area contributed by atoms with Crippen LogP contribution in [0.3, 0.4) is 0 Å². The van der Waals surface area contributed by atoms with E-state index in [-0.39, 0.29) is 23.2 Å². The fraction of sp³-hybridized carbons (Fsp3) is 0.517. The van der Waals surface area contributed by atoms with E-state index < -0.39 is 44.3 Å². The van der Waals surface area contributed by atoms with Crippen LogP contribution < -0.4 is 16.0 Å². The zero-order valence-electron chi connectivity index (χ0n) is 25.1. The second-order valence-corrected chi connectivity index (χ2v) is 15.5. The summed E-state index contributed by atoms with van der Waals surface area (Å²) in [6.45, 7) is 11.5. The normalized spacial score (nSPS) is 19.8. The molecule has 2 aliphatic heterocycles. The molecule has 4 rings (SSSR count). The van der Waals surface area contributed by atoms with Crippen LogP contribution in [-0.4, -0.2) is 95.0 Å². The van der Waals surface area contributed by atoms with Crippen molar-refractivity contribution in [3.8, 4) is 0 Å². The summed E-state index contributed by atoms with van der Waals surface area (Å²) in [5.41, 5.74) is 0.512. The molecule has 3 N–H and O–H groups in total. The molecule has 12 nitrogen and oxygen atoms in total. The summed E-state index contributed by atoms with van der Waals surface area (Å²) in [4.78, 5) is 45.4. The monoisotopic (exact) mass is 632 g/mol. The topological polar surface area (TPSA) is 150 Å². The van der Waals surface area contributed by atoms with Crippen LogP contribution in [0.5, 0.6) is 0 Å². The number of esters is 1. The number of carbonyl (C=O) groups excluding carboxylic acids is 3. The molecule has 0 spiro atoms. The van der Waals surface area contributed by atoms with Gasteiger partial charge in [0.15, 0.2) is 0 Å². The molecule has 2 saturated heterocycles. The third kappa shape index (κ3) is 8.25. The molecule has 234 valence electrons. The van der Waals surface area contributed by atoms with Crippen LogP contribution in [-0.2, 0) is 30.8 Å². The maximum absolute atomic E-state index is 13.8. The van der Waals surface area contributed by atoms with Gasteiger partial charge in [-0.1, -0.05) is 12.1 Å². The fourth-order valence-corrected chi connectivity index (χ4v) is 8.00. The number of hydrogen-bond donors (Lipinski definition) is 3. The van der Waals surface area contributed by atoms with Crippen molar-refractivity contribution in [1.29, 1.82) is 0 Å². The van der Waals surface area contributed by atoms with Gasteiger partial charge in [0.1, 0.15) is 22.6 Å². The first-order valence-corrected chi connectivity index (χ1v) is 16.5. The predicted molar refractivity (Wildman–Crippen MR) is 165 cm³/mol. The largest absolute Gasteiger partial charge is 0.458 e. The van der Waals surface area contributed by atoms with Crippen molar-refractivity contribution in [1.82, 2.24) is 24.8 Å². The number of nitrogens with one attached hydrogen (secondary N) is 3. The van der Waals surface area contributed by atoms with Gasteiger partial charge in [0.25, 0.3) is 0 Å². The number of amides is 3. The Balaban J connectivity index is 1.52. The van der Waals surface area contributed by atoms with E-state index in [9.17, 15) is 22.8 Å². The quantitative estimate of drug-likeness (QED) is 0.373. The third-order valence-corrected chi connectivity index (χ3v) is 10.4. The highest BCUT2D eigenvalue weighted by atomic mass is 32.2. The van der Waals surface area contributed by atoms with Crippen molar-refractivity contribution in [2.24, 2.45) is 0 Å². The zero-order valence-corrected chi connectivity index (χ0v) is 26.8. The van der Waals surface area contributed by atoms with Gasteiger partial charge < -0.3 is 25.6 Å². The summed E-state index contributed by atoms with van der Waals surface area (Å²) >= 11 is 1.34. The van der Waals surface area contributed by atoms with Gasteiger partial charge in [0.2, 0.25) is 15.9 Å². The number of urea groups is 1. The van der Waals surface area contributed by atoms with Crippen molar-refractivity contribution in [3.05, 3.63) is 54.4 Å². The number of piperazine rings is 1. The van der Waals surface area contributed by atoms with E-state index in [4.69, 9.17) is 4.74 Å². The smallest absolute Gasteiger partial charge is 0.329 e. The molecule has 0 unspecified atom stereocenters. The average molecular weight is 633 g/mol. The summed E-state index contributed by atoms with van der Waals surface area (Å²) in [6, 6.07) is 7.62. The van der Waals surface area contributed by atoms with Gasteiger partial charge in [0, 0.05) is 55.4 Å². The van der Waals surface area contributed by atoms with Crippen molar-refractivity contribution in [2.75, 3.05) is 37.4 Å². The molecule has 0 aliphatic carbocycles. The Morgan fingerprint density at radius 2 is 1.81 bits per heavy atom. The molecular weight excluding hydrogens is 592 g/mol. The standard InChI is InChI=1S/C29H40N6O6S2/c1-28(2,3)41-26(37)23(17-20-8-10-21(11-9-20)32-27(38)34-15-13-30-14-16-34)33-25(36)24-29(4,5)42-19-35(24)43(39,40)22-7-6-12-31-18-22/h6-12,18,23-24,30H,13-17,19H2,1-5H3,(H,32,38)(H,33,36)/t23-,24+/m0/s1. The number of sulfonamides is 1. The van der Waals surface area contributed by atoms with E-state index in [2.05, 4.69) is 20.9 Å². The Kier molecular flexibility index (Phi) is 10.0. The molecule has 0 saturated carbocycles. The Hall–Kier alpha value is -3.20. The second kappa shape index (κ2) is 13.2. The number of nitrogens with zero attached hydrogens (tertiary/aromatic N) is 3. The summed E-state index contributed by atoms with van der Waals surface area (Å²) in [5, 5.41) is 8.89. The minimum absolute atomic E-state index is 0.0149. The van der Waals surface area contributed by atoms with Gasteiger partial charge in [-0.25, -0.2) is 18.0 Å². The number of hydrogen-bond acceptors (Lipinski definition) is 9. The predicted octanol–water partition coefficient (Wildman–Crippen LogP) is 2.43. The SMILES string of the molecule is CC(C)(C)OC(=O)[C@H](Cc1ccc(NC(=O)N2CCNCC2)cc1)NC(=O)[C@H]1N(S(=O)(=O)c2cccnc2)CSC1(C)C. The van der Waals surface area contributed by atoms with E-state index in [1.54, 1.807) is 63.8 Å². The second-order valence-electron chi connectivity index (χ2n) is 12.0. The summed E-state index contributed by atoms with van der Waals surface area (Å²) in [5.74, 6) is -1.17. The molecular formula is C29H40N6O6S2. The van der Waals surface area contributed by atoms with Gasteiger partial charge >= 0.3 is 12.0 Å². The number of rotatable bonds is 8. The van der Waals surface area contributed by atoms with Crippen molar-refractivity contribution in [2.45, 2.75) is 68.4 Å². The van der Waals surface area contributed by atoms with Crippen LogP contribution in [0.4, 0.5) is 10.5 Å². The lowest BCUT2D eigenvalue weighted by atomic mass is 10.0. The van der Waals surface area contributed by atoms with Crippen molar-refractivity contribution < 1.29 is 27.5 Å². The highest BCUT2D eigenvalue weighted by Gasteiger charge is 2.51. The van der Waals surface area contributed by atoms with Crippen molar-refractivity contribution in [3.63, 3.8) is 0 Å². The third-order valence-electron chi connectivity index (χ3n) is 7.06. The Bertz CT molecular complexity index is 1410. The summed E-state index contributed by atoms with van der Waals surface area (Å²) < 4.78 is 33.0. The van der Waals surface area contributed by atoms with Gasteiger partial charge in [0.05, 0.1) is 5.88 Å². The molecule has 0 radical (unpaired) electrons. The molecule has 3 amide bonds. The molecule has 2 aliphatic rings. The van der Waals surface area contributed by atoms with Crippen LogP contribution in [0.25, 0.3) is 0 Å². The zero-order chi connectivity index (χ0) is 31.4. The molecule has 2 fully saturated rings. The van der Waals surface area contributed by atoms with E-state index in [0.29, 0.717) is 18.8 Å². The van der Waals surface area contributed by atoms with Crippen LogP contribution in [0.15, 0.2) is 53.7 Å². The number of ether oxygens (including phenoxy) is 1. The molecule has 2 atom stereocenters. The number of anilines is 1. The van der Waals surface area contributed by atoms with E-state index in [1.165, 1.54) is 36.3 Å². The minimum Gasteiger partial charge on any atom is -0.458 e. The lowest BCUT2D eigenvalue weighted by molar-refractivity contribution is -0.158. The van der Waals surface area contributed by atoms with Gasteiger partial charge in [-0.15, -0.1) is 11.8 Å². The Morgan fingerprint density at radius 3 is 2.42 bits per heavy atom. The molecule has 1 aromatic carbocycles. The van der Waals surface area contributed by atoms with Crippen LogP contribution in [0.2, 0.25) is 0 Å². The number of benzene rings is 1. The number of carbonyl (C=O) groups is 3. The first-order chi connectivity index (χ1) is 20.2. The maximum Gasteiger partial charge on any atom is 0.329 e. The molecule has 1 aromatic heterocycles. The first-order valence-electron chi connectivity index (χ1n) is 14.1. The van der Waals surface area contributed by atoms with E-state index in [0.717, 1.165) is 23.0 Å². The molecule has 43 heavy (non-hydrogen) atoms. The summed E-state index contributed by atoms with van der Waals surface area (Å²) in [7, 11) is -4.04. The molecule has 0 bridgehead atoms.